The molecular formula is C33H53NO4. The van der Waals surface area contributed by atoms with E-state index in [1.165, 1.54) is 23.3 Å². The summed E-state index contributed by atoms with van der Waals surface area (Å²) in [4.78, 5) is 27.2. The van der Waals surface area contributed by atoms with E-state index < -0.39 is 11.4 Å². The molecule has 0 aliphatic heterocycles. The van der Waals surface area contributed by atoms with Crippen molar-refractivity contribution in [3.8, 4) is 0 Å². The number of aliphatic hydroxyl groups is 1. The molecule has 5 heteroatoms. The Hall–Kier alpha value is -1.36. The predicted molar refractivity (Wildman–Crippen MR) is 150 cm³/mol. The number of amides is 1. The zero-order valence-corrected chi connectivity index (χ0v) is 25.3. The quantitative estimate of drug-likeness (QED) is 0.408. The Bertz CT molecular complexity index is 1030. The van der Waals surface area contributed by atoms with Gasteiger partial charge in [0, 0.05) is 7.05 Å². The maximum absolute atomic E-state index is 14.1. The van der Waals surface area contributed by atoms with Crippen LogP contribution < -0.4 is 0 Å². The number of nitrogens with zero attached hydrogens (tertiary/aromatic N) is 1. The number of carboxylic acids is 1. The first-order valence-electron chi connectivity index (χ1n) is 15.4. The van der Waals surface area contributed by atoms with Crippen LogP contribution in [0.15, 0.2) is 11.6 Å². The van der Waals surface area contributed by atoms with Gasteiger partial charge < -0.3 is 15.1 Å². The van der Waals surface area contributed by atoms with Crippen LogP contribution in [-0.2, 0) is 9.59 Å². The van der Waals surface area contributed by atoms with Crippen LogP contribution in [-0.4, -0.2) is 46.7 Å². The second-order valence-corrected chi connectivity index (χ2v) is 15.7. The summed E-state index contributed by atoms with van der Waals surface area (Å²) in [5, 5.41) is 20.4. The molecular weight excluding hydrogens is 474 g/mol. The SMILES string of the molecule is C[C@H]1[C@H](C)CC[C@]2(C(=O)N(C)CC(=O)O)CC[C@]3(C)C(=CC[C@@H]4[C@@]5(C)CC[C@H](O)C(C)(C)[C@@H]5CC[C@]43C)[C@H]12. The first-order chi connectivity index (χ1) is 17.6. The highest BCUT2D eigenvalue weighted by Crippen LogP contribution is 2.75. The minimum Gasteiger partial charge on any atom is -0.480 e. The number of carbonyl (C=O) groups excluding carboxylic acids is 1. The van der Waals surface area contributed by atoms with E-state index in [9.17, 15) is 19.8 Å². The number of hydrogen-bond acceptors (Lipinski definition) is 3. The summed E-state index contributed by atoms with van der Waals surface area (Å²) in [6.45, 7) is 16.7. The van der Waals surface area contributed by atoms with Crippen molar-refractivity contribution in [1.29, 1.82) is 0 Å². The number of carbonyl (C=O) groups is 2. The van der Waals surface area contributed by atoms with Crippen LogP contribution in [0.5, 0.6) is 0 Å². The summed E-state index contributed by atoms with van der Waals surface area (Å²) >= 11 is 0. The fourth-order valence-electron chi connectivity index (χ4n) is 11.5. The first-order valence-corrected chi connectivity index (χ1v) is 15.4. The number of aliphatic carboxylic acids is 1. The van der Waals surface area contributed by atoms with Gasteiger partial charge in [0.1, 0.15) is 6.54 Å². The summed E-state index contributed by atoms with van der Waals surface area (Å²) in [5.41, 5.74) is 1.38. The van der Waals surface area contributed by atoms with Crippen molar-refractivity contribution < 1.29 is 19.8 Å². The van der Waals surface area contributed by atoms with Crippen LogP contribution in [0.2, 0.25) is 0 Å². The minimum atomic E-state index is -0.940. The molecule has 2 N–H and O–H groups in total. The number of allylic oxidation sites excluding steroid dienone is 2. The molecule has 1 amide bonds. The van der Waals surface area contributed by atoms with E-state index in [-0.39, 0.29) is 46.1 Å². The molecule has 0 aromatic rings. The molecule has 0 aromatic carbocycles. The van der Waals surface area contributed by atoms with Gasteiger partial charge in [0.2, 0.25) is 5.91 Å². The largest absolute Gasteiger partial charge is 0.480 e. The fraction of sp³-hybridized carbons (Fsp3) is 0.879. The molecule has 0 radical (unpaired) electrons. The van der Waals surface area contributed by atoms with Gasteiger partial charge in [-0.25, -0.2) is 0 Å². The van der Waals surface area contributed by atoms with Crippen LogP contribution in [0.3, 0.4) is 0 Å². The number of likely N-dealkylation sites (N-methyl/N-ethyl adjacent to an activating group) is 1. The highest BCUT2D eigenvalue weighted by molar-refractivity contribution is 5.87. The van der Waals surface area contributed by atoms with Gasteiger partial charge in [-0.2, -0.15) is 0 Å². The Labute approximate surface area is 230 Å². The average molecular weight is 528 g/mol. The topological polar surface area (TPSA) is 77.8 Å². The maximum Gasteiger partial charge on any atom is 0.323 e. The summed E-state index contributed by atoms with van der Waals surface area (Å²) < 4.78 is 0. The van der Waals surface area contributed by atoms with Crippen molar-refractivity contribution in [3.05, 3.63) is 11.6 Å². The number of aliphatic hydroxyl groups excluding tert-OH is 1. The second-order valence-electron chi connectivity index (χ2n) is 15.7. The minimum absolute atomic E-state index is 0.0369. The summed E-state index contributed by atoms with van der Waals surface area (Å²) in [5.74, 6) is 1.34. The van der Waals surface area contributed by atoms with E-state index in [2.05, 4.69) is 54.5 Å². The first kappa shape index (κ1) is 28.2. The summed E-state index contributed by atoms with van der Waals surface area (Å²) in [7, 11) is 1.69. The Morgan fingerprint density at radius 1 is 0.947 bits per heavy atom. The molecule has 0 bridgehead atoms. The van der Waals surface area contributed by atoms with E-state index in [0.717, 1.165) is 44.9 Å². The fourth-order valence-corrected chi connectivity index (χ4v) is 11.5. The molecule has 0 spiro atoms. The van der Waals surface area contributed by atoms with Crippen molar-refractivity contribution >= 4 is 11.9 Å². The van der Waals surface area contributed by atoms with E-state index in [1.54, 1.807) is 7.05 Å². The van der Waals surface area contributed by atoms with Gasteiger partial charge >= 0.3 is 5.97 Å². The van der Waals surface area contributed by atoms with E-state index in [0.29, 0.717) is 23.7 Å². The highest BCUT2D eigenvalue weighted by atomic mass is 16.4. The molecule has 214 valence electrons. The van der Waals surface area contributed by atoms with Crippen LogP contribution in [0, 0.1) is 56.7 Å². The third kappa shape index (κ3) is 3.51. The molecule has 0 saturated heterocycles. The lowest BCUT2D eigenvalue weighted by Crippen LogP contribution is -2.66. The Balaban J connectivity index is 1.59. The van der Waals surface area contributed by atoms with Crippen LogP contribution >= 0.6 is 0 Å². The normalized spacial score (nSPS) is 49.4. The van der Waals surface area contributed by atoms with Crippen molar-refractivity contribution in [3.63, 3.8) is 0 Å². The average Bonchev–Trinajstić information content (AvgIpc) is 2.83. The van der Waals surface area contributed by atoms with Gasteiger partial charge in [-0.05, 0) is 109 Å². The standard InChI is InChI=1S/C33H53NO4/c1-20-11-16-33(28(38)34(8)19-26(36)37)18-17-31(6)22(27(33)21(20)2)9-10-24-30(5)14-13-25(35)29(3,4)23(30)12-15-32(24,31)7/h9,20-21,23-25,27,35H,10-19H2,1-8H3,(H,36,37)/t20-,21+,23+,24-,25+,27+,30+,31-,32-,33+/m1/s1. The number of rotatable bonds is 3. The molecule has 0 aromatic heterocycles. The van der Waals surface area contributed by atoms with Gasteiger partial charge in [0.05, 0.1) is 11.5 Å². The molecule has 5 nitrogen and oxygen atoms in total. The third-order valence-electron chi connectivity index (χ3n) is 14.1. The highest BCUT2D eigenvalue weighted by Gasteiger charge is 2.69. The third-order valence-corrected chi connectivity index (χ3v) is 14.1. The lowest BCUT2D eigenvalue weighted by molar-refractivity contribution is -0.205. The maximum atomic E-state index is 14.1. The summed E-state index contributed by atoms with van der Waals surface area (Å²) in [6.07, 6.45) is 11.5. The Morgan fingerprint density at radius 3 is 2.29 bits per heavy atom. The lowest BCUT2D eigenvalue weighted by atomic mass is 9.33. The van der Waals surface area contributed by atoms with Gasteiger partial charge in [-0.3, -0.25) is 9.59 Å². The van der Waals surface area contributed by atoms with Crippen LogP contribution in [0.1, 0.15) is 106 Å². The molecule has 10 atom stereocenters. The van der Waals surface area contributed by atoms with Gasteiger partial charge in [-0.1, -0.05) is 60.1 Å². The monoisotopic (exact) mass is 527 g/mol. The number of carboxylic acid groups (broad SMARTS) is 1. The molecule has 38 heavy (non-hydrogen) atoms. The molecule has 4 fully saturated rings. The number of hydrogen-bond donors (Lipinski definition) is 2. The second kappa shape index (κ2) is 8.82. The molecule has 5 rings (SSSR count). The number of fused-ring (bicyclic) bond motifs is 7. The molecule has 5 aliphatic rings. The summed E-state index contributed by atoms with van der Waals surface area (Å²) in [6, 6.07) is 0. The van der Waals surface area contributed by atoms with Gasteiger partial charge in [0.15, 0.2) is 0 Å². The smallest absolute Gasteiger partial charge is 0.323 e. The molecule has 0 unspecified atom stereocenters. The Morgan fingerprint density at radius 2 is 1.63 bits per heavy atom. The van der Waals surface area contributed by atoms with Crippen molar-refractivity contribution in [1.82, 2.24) is 4.90 Å². The molecule has 5 aliphatic carbocycles. The van der Waals surface area contributed by atoms with Gasteiger partial charge in [-0.15, -0.1) is 0 Å². The van der Waals surface area contributed by atoms with E-state index in [1.807, 2.05) is 0 Å². The van der Waals surface area contributed by atoms with Crippen LogP contribution in [0.4, 0.5) is 0 Å². The van der Waals surface area contributed by atoms with Crippen molar-refractivity contribution in [2.45, 2.75) is 112 Å². The molecule has 0 heterocycles. The van der Waals surface area contributed by atoms with Crippen molar-refractivity contribution in [2.75, 3.05) is 13.6 Å². The van der Waals surface area contributed by atoms with E-state index in [4.69, 9.17) is 0 Å². The Kier molecular flexibility index (Phi) is 6.54. The van der Waals surface area contributed by atoms with Gasteiger partial charge in [0.25, 0.3) is 0 Å². The predicted octanol–water partition coefficient (Wildman–Crippen LogP) is 6.55. The van der Waals surface area contributed by atoms with Crippen LogP contribution in [0.25, 0.3) is 0 Å². The molecule has 4 saturated carbocycles. The lowest BCUT2D eigenvalue weighted by Gasteiger charge is -2.71. The van der Waals surface area contributed by atoms with Crippen molar-refractivity contribution in [2.24, 2.45) is 56.7 Å². The zero-order chi connectivity index (χ0) is 28.1. The zero-order valence-electron chi connectivity index (χ0n) is 25.3. The van der Waals surface area contributed by atoms with E-state index >= 15 is 0 Å².